The van der Waals surface area contributed by atoms with Gasteiger partial charge in [0.05, 0.1) is 11.3 Å². The highest BCUT2D eigenvalue weighted by Crippen LogP contribution is 2.34. The molecule has 0 amide bonds. The summed E-state index contributed by atoms with van der Waals surface area (Å²) in [7, 11) is 0. The topological polar surface area (TPSA) is 48.3 Å². The Balaban J connectivity index is 1.33. The molecule has 2 aliphatic rings. The van der Waals surface area contributed by atoms with E-state index < -0.39 is 0 Å². The second-order valence-corrected chi connectivity index (χ2v) is 6.83. The van der Waals surface area contributed by atoms with Crippen LogP contribution in [0.2, 0.25) is 0 Å². The summed E-state index contributed by atoms with van der Waals surface area (Å²) in [5.41, 5.74) is 2.45. The fourth-order valence-electron chi connectivity index (χ4n) is 3.74. The van der Waals surface area contributed by atoms with Crippen LogP contribution in [-0.2, 0) is 16.0 Å². The molecule has 2 fully saturated rings. The summed E-state index contributed by atoms with van der Waals surface area (Å²) in [4.78, 5) is 0. The van der Waals surface area contributed by atoms with Crippen molar-refractivity contribution in [1.29, 1.82) is 0 Å². The lowest BCUT2D eigenvalue weighted by Crippen LogP contribution is -2.49. The zero-order valence-electron chi connectivity index (χ0n) is 14.0. The van der Waals surface area contributed by atoms with E-state index in [0.717, 1.165) is 57.7 Å². The molecule has 5 nitrogen and oxygen atoms in total. The number of aromatic nitrogens is 2. The third kappa shape index (κ3) is 3.53. The SMILES string of the molecule is c1cnn(-c2ccc(CN[C@H]3CCOC4(CCOCC4)C3)cc2)c1. The van der Waals surface area contributed by atoms with Gasteiger partial charge >= 0.3 is 0 Å². The Morgan fingerprint density at radius 1 is 1.17 bits per heavy atom. The van der Waals surface area contributed by atoms with E-state index in [0.29, 0.717) is 6.04 Å². The Kier molecular flexibility index (Phi) is 4.65. The van der Waals surface area contributed by atoms with Crippen LogP contribution < -0.4 is 5.32 Å². The van der Waals surface area contributed by atoms with Gasteiger partial charge < -0.3 is 14.8 Å². The summed E-state index contributed by atoms with van der Waals surface area (Å²) in [5.74, 6) is 0. The van der Waals surface area contributed by atoms with Gasteiger partial charge in [-0.15, -0.1) is 0 Å². The summed E-state index contributed by atoms with van der Waals surface area (Å²) >= 11 is 0. The summed E-state index contributed by atoms with van der Waals surface area (Å²) in [6, 6.07) is 11.1. The third-order valence-corrected chi connectivity index (χ3v) is 5.20. The largest absolute Gasteiger partial charge is 0.381 e. The number of hydrogen-bond acceptors (Lipinski definition) is 4. The Hall–Kier alpha value is -1.69. The molecule has 24 heavy (non-hydrogen) atoms. The van der Waals surface area contributed by atoms with Crippen molar-refractivity contribution in [2.75, 3.05) is 19.8 Å². The zero-order valence-corrected chi connectivity index (χ0v) is 14.0. The number of rotatable bonds is 4. The van der Waals surface area contributed by atoms with Gasteiger partial charge in [-0.3, -0.25) is 0 Å². The van der Waals surface area contributed by atoms with E-state index in [1.54, 1.807) is 6.20 Å². The van der Waals surface area contributed by atoms with Crippen molar-refractivity contribution < 1.29 is 9.47 Å². The first kappa shape index (κ1) is 15.8. The van der Waals surface area contributed by atoms with E-state index in [-0.39, 0.29) is 5.60 Å². The standard InChI is InChI=1S/C19H25N3O2/c1-9-21-22(10-1)18-4-2-16(3-5-18)15-20-17-6-11-24-19(14-17)7-12-23-13-8-19/h1-5,9-10,17,20H,6-8,11-15H2/t17-/m0/s1. The maximum atomic E-state index is 6.12. The van der Waals surface area contributed by atoms with Crippen LogP contribution in [0.1, 0.15) is 31.2 Å². The minimum Gasteiger partial charge on any atom is -0.381 e. The highest BCUT2D eigenvalue weighted by Gasteiger charge is 2.38. The minimum absolute atomic E-state index is 0.0537. The number of nitrogens with zero attached hydrogens (tertiary/aromatic N) is 2. The van der Waals surface area contributed by atoms with Gasteiger partial charge in [0.25, 0.3) is 0 Å². The molecule has 2 saturated heterocycles. The van der Waals surface area contributed by atoms with Crippen LogP contribution in [-0.4, -0.2) is 41.2 Å². The van der Waals surface area contributed by atoms with Crippen molar-refractivity contribution in [3.05, 3.63) is 48.3 Å². The second kappa shape index (κ2) is 7.05. The number of nitrogens with one attached hydrogen (secondary N) is 1. The molecule has 128 valence electrons. The van der Waals surface area contributed by atoms with Gasteiger partial charge in [0, 0.05) is 44.8 Å². The van der Waals surface area contributed by atoms with Gasteiger partial charge in [0.2, 0.25) is 0 Å². The molecule has 4 rings (SSSR count). The molecule has 1 spiro atoms. The van der Waals surface area contributed by atoms with E-state index >= 15 is 0 Å². The van der Waals surface area contributed by atoms with Crippen molar-refractivity contribution in [3.8, 4) is 5.69 Å². The molecule has 0 radical (unpaired) electrons. The number of benzene rings is 1. The minimum atomic E-state index is 0.0537. The monoisotopic (exact) mass is 327 g/mol. The van der Waals surface area contributed by atoms with E-state index in [2.05, 4.69) is 34.7 Å². The van der Waals surface area contributed by atoms with Crippen LogP contribution in [0, 0.1) is 0 Å². The van der Waals surface area contributed by atoms with Crippen molar-refractivity contribution in [3.63, 3.8) is 0 Å². The summed E-state index contributed by atoms with van der Waals surface area (Å²) in [5, 5.41) is 7.98. The van der Waals surface area contributed by atoms with Crippen molar-refractivity contribution >= 4 is 0 Å². The Labute approximate surface area is 143 Å². The molecule has 2 aliphatic heterocycles. The van der Waals surface area contributed by atoms with Crippen molar-refractivity contribution in [2.45, 2.75) is 43.9 Å². The van der Waals surface area contributed by atoms with Crippen LogP contribution in [0.3, 0.4) is 0 Å². The molecule has 3 heterocycles. The normalized spacial score (nSPS) is 23.4. The molecule has 1 N–H and O–H groups in total. The molecule has 1 aromatic carbocycles. The molecule has 2 aromatic rings. The molecule has 1 atom stereocenters. The first-order valence-corrected chi connectivity index (χ1v) is 8.87. The van der Waals surface area contributed by atoms with Gasteiger partial charge in [-0.05, 0) is 49.4 Å². The van der Waals surface area contributed by atoms with Crippen LogP contribution in [0.15, 0.2) is 42.7 Å². The lowest BCUT2D eigenvalue weighted by molar-refractivity contribution is -0.140. The Morgan fingerprint density at radius 3 is 2.75 bits per heavy atom. The summed E-state index contributed by atoms with van der Waals surface area (Å²) < 4.78 is 13.5. The average Bonchev–Trinajstić information content (AvgIpc) is 3.16. The van der Waals surface area contributed by atoms with Crippen LogP contribution >= 0.6 is 0 Å². The molecular formula is C19H25N3O2. The number of ether oxygens (including phenoxy) is 2. The van der Waals surface area contributed by atoms with Crippen LogP contribution in [0.5, 0.6) is 0 Å². The van der Waals surface area contributed by atoms with Crippen LogP contribution in [0.25, 0.3) is 5.69 Å². The first-order valence-electron chi connectivity index (χ1n) is 8.87. The molecule has 0 aliphatic carbocycles. The predicted octanol–water partition coefficient (Wildman–Crippen LogP) is 2.69. The average molecular weight is 327 g/mol. The molecule has 0 saturated carbocycles. The third-order valence-electron chi connectivity index (χ3n) is 5.20. The van der Waals surface area contributed by atoms with Crippen molar-refractivity contribution in [2.24, 2.45) is 0 Å². The quantitative estimate of drug-likeness (QED) is 0.938. The molecule has 0 bridgehead atoms. The smallest absolute Gasteiger partial charge is 0.0741 e. The zero-order chi connectivity index (χ0) is 16.2. The fraction of sp³-hybridized carbons (Fsp3) is 0.526. The summed E-state index contributed by atoms with van der Waals surface area (Å²) in [6.07, 6.45) is 8.01. The van der Waals surface area contributed by atoms with Gasteiger partial charge in [-0.2, -0.15) is 5.10 Å². The highest BCUT2D eigenvalue weighted by atomic mass is 16.5. The molecule has 5 heteroatoms. The second-order valence-electron chi connectivity index (χ2n) is 6.83. The van der Waals surface area contributed by atoms with Gasteiger partial charge in [0.1, 0.15) is 0 Å². The maximum absolute atomic E-state index is 6.12. The predicted molar refractivity (Wildman–Crippen MR) is 92.2 cm³/mol. The van der Waals surface area contributed by atoms with E-state index in [9.17, 15) is 0 Å². The molecular weight excluding hydrogens is 302 g/mol. The van der Waals surface area contributed by atoms with Gasteiger partial charge in [0.15, 0.2) is 0 Å². The lowest BCUT2D eigenvalue weighted by atomic mass is 9.84. The van der Waals surface area contributed by atoms with Crippen LogP contribution in [0.4, 0.5) is 0 Å². The highest BCUT2D eigenvalue weighted by molar-refractivity contribution is 5.33. The lowest BCUT2D eigenvalue weighted by Gasteiger charge is -2.43. The fourth-order valence-corrected chi connectivity index (χ4v) is 3.74. The first-order chi connectivity index (χ1) is 11.8. The van der Waals surface area contributed by atoms with E-state index in [1.807, 2.05) is 16.9 Å². The van der Waals surface area contributed by atoms with E-state index in [4.69, 9.17) is 9.47 Å². The Bertz CT molecular complexity index is 628. The van der Waals surface area contributed by atoms with Gasteiger partial charge in [-0.1, -0.05) is 12.1 Å². The van der Waals surface area contributed by atoms with Gasteiger partial charge in [-0.25, -0.2) is 4.68 Å². The Morgan fingerprint density at radius 2 is 2.00 bits per heavy atom. The molecule has 0 unspecified atom stereocenters. The maximum Gasteiger partial charge on any atom is 0.0741 e. The van der Waals surface area contributed by atoms with E-state index in [1.165, 1.54) is 5.56 Å². The summed E-state index contributed by atoms with van der Waals surface area (Å²) in [6.45, 7) is 3.43. The van der Waals surface area contributed by atoms with Crippen molar-refractivity contribution in [1.82, 2.24) is 15.1 Å². The number of hydrogen-bond donors (Lipinski definition) is 1. The molecule has 1 aromatic heterocycles.